The Bertz CT molecular complexity index is 623. The predicted molar refractivity (Wildman–Crippen MR) is 99.2 cm³/mol. The number of halogens is 2. The molecule has 0 aliphatic heterocycles. The first-order chi connectivity index (χ1) is 10.5. The summed E-state index contributed by atoms with van der Waals surface area (Å²) in [5.41, 5.74) is 3.44. The summed E-state index contributed by atoms with van der Waals surface area (Å²) in [5.74, 6) is 1.80. The summed E-state index contributed by atoms with van der Waals surface area (Å²) in [6.07, 6.45) is 6.80. The van der Waals surface area contributed by atoms with E-state index in [4.69, 9.17) is 12.2 Å². The van der Waals surface area contributed by atoms with Crippen LogP contribution < -0.4 is 10.7 Å². The highest BCUT2D eigenvalue weighted by Gasteiger charge is 2.39. The van der Waals surface area contributed by atoms with Gasteiger partial charge in [-0.1, -0.05) is 22.4 Å². The third kappa shape index (κ3) is 3.63. The number of aromatic hydroxyl groups is 1. The zero-order valence-corrected chi connectivity index (χ0v) is 15.8. The van der Waals surface area contributed by atoms with E-state index < -0.39 is 0 Å². The molecule has 3 N–H and O–H groups in total. The van der Waals surface area contributed by atoms with Crippen LogP contribution in [-0.4, -0.2) is 22.5 Å². The number of fused-ring (bicyclic) bond motifs is 2. The molecule has 0 amide bonds. The van der Waals surface area contributed by atoms with Crippen LogP contribution >= 0.6 is 44.1 Å². The van der Waals surface area contributed by atoms with Crippen molar-refractivity contribution in [2.45, 2.75) is 31.7 Å². The van der Waals surface area contributed by atoms with Crippen molar-refractivity contribution in [1.29, 1.82) is 0 Å². The minimum Gasteiger partial charge on any atom is -0.506 e. The van der Waals surface area contributed by atoms with Gasteiger partial charge in [-0.15, -0.1) is 0 Å². The fraction of sp³-hybridized carbons (Fsp3) is 0.467. The van der Waals surface area contributed by atoms with Gasteiger partial charge in [-0.3, -0.25) is 5.43 Å². The number of nitrogens with zero attached hydrogens (tertiary/aromatic N) is 1. The third-order valence-corrected chi connectivity index (χ3v) is 5.75. The summed E-state index contributed by atoms with van der Waals surface area (Å²) in [6, 6.07) is 4.06. The van der Waals surface area contributed by atoms with Crippen molar-refractivity contribution in [2.24, 2.45) is 16.9 Å². The molecule has 118 valence electrons. The number of hydrogen-bond acceptors (Lipinski definition) is 3. The van der Waals surface area contributed by atoms with Crippen LogP contribution in [0.3, 0.4) is 0 Å². The van der Waals surface area contributed by atoms with Crippen molar-refractivity contribution < 1.29 is 5.11 Å². The van der Waals surface area contributed by atoms with Gasteiger partial charge in [0.25, 0.3) is 0 Å². The molecule has 1 aromatic carbocycles. The third-order valence-electron chi connectivity index (χ3n) is 4.48. The van der Waals surface area contributed by atoms with E-state index in [0.29, 0.717) is 21.2 Å². The standard InChI is InChI=1S/C15H17Br2N3OS/c16-11-5-10(14(21)12(17)6-11)7-18-20-15(22)19-13-4-8-1-2-9(13)3-8/h5-9,13,21H,1-4H2,(H2,19,20,22)/b18-7+. The molecular formula is C15H17Br2N3OS. The number of thiocarbonyl (C=S) groups is 1. The minimum absolute atomic E-state index is 0.153. The maximum Gasteiger partial charge on any atom is 0.187 e. The van der Waals surface area contributed by atoms with Crippen LogP contribution in [0.2, 0.25) is 0 Å². The summed E-state index contributed by atoms with van der Waals surface area (Å²) in [5, 5.41) is 18.0. The molecule has 0 spiro atoms. The second kappa shape index (κ2) is 6.84. The molecule has 4 nitrogen and oxygen atoms in total. The predicted octanol–water partition coefficient (Wildman–Crippen LogP) is 3.90. The van der Waals surface area contributed by atoms with Gasteiger partial charge in [0, 0.05) is 16.1 Å². The Balaban J connectivity index is 1.55. The smallest absolute Gasteiger partial charge is 0.187 e. The average Bonchev–Trinajstić information content (AvgIpc) is 3.06. The second-order valence-electron chi connectivity index (χ2n) is 5.95. The highest BCUT2D eigenvalue weighted by atomic mass is 79.9. The summed E-state index contributed by atoms with van der Waals surface area (Å²) in [7, 11) is 0. The lowest BCUT2D eigenvalue weighted by Gasteiger charge is -2.23. The number of hydrogen-bond donors (Lipinski definition) is 3. The molecule has 3 rings (SSSR count). The van der Waals surface area contributed by atoms with Gasteiger partial charge >= 0.3 is 0 Å². The first-order valence-corrected chi connectivity index (χ1v) is 9.30. The number of hydrazone groups is 1. The van der Waals surface area contributed by atoms with E-state index in [1.165, 1.54) is 25.7 Å². The van der Waals surface area contributed by atoms with Crippen molar-refractivity contribution >= 4 is 55.4 Å². The van der Waals surface area contributed by atoms with Crippen molar-refractivity contribution in [3.8, 4) is 5.75 Å². The highest BCUT2D eigenvalue weighted by molar-refractivity contribution is 9.11. The van der Waals surface area contributed by atoms with Gasteiger partial charge in [0.05, 0.1) is 10.7 Å². The SMILES string of the molecule is Oc1c(Br)cc(Br)cc1/C=N/NC(=S)NC1CC2CCC1C2. The summed E-state index contributed by atoms with van der Waals surface area (Å²) in [4.78, 5) is 0. The topological polar surface area (TPSA) is 56.7 Å². The fourth-order valence-electron chi connectivity index (χ4n) is 3.47. The number of nitrogens with one attached hydrogen (secondary N) is 2. The summed E-state index contributed by atoms with van der Waals surface area (Å²) in [6.45, 7) is 0. The number of benzene rings is 1. The van der Waals surface area contributed by atoms with E-state index in [2.05, 4.69) is 47.7 Å². The normalized spacial score (nSPS) is 26.5. The first kappa shape index (κ1) is 16.2. The molecule has 0 saturated heterocycles. The molecule has 2 aliphatic carbocycles. The van der Waals surface area contributed by atoms with E-state index in [-0.39, 0.29) is 5.75 Å². The molecule has 2 bridgehead atoms. The van der Waals surface area contributed by atoms with Gasteiger partial charge in [0.2, 0.25) is 0 Å². The zero-order chi connectivity index (χ0) is 15.7. The van der Waals surface area contributed by atoms with E-state index in [1.807, 2.05) is 0 Å². The second-order valence-corrected chi connectivity index (χ2v) is 8.13. The Morgan fingerprint density at radius 3 is 2.82 bits per heavy atom. The number of phenolic OH excluding ortho intramolecular Hbond substituents is 1. The van der Waals surface area contributed by atoms with Crippen LogP contribution in [-0.2, 0) is 0 Å². The Labute approximate surface area is 152 Å². The zero-order valence-electron chi connectivity index (χ0n) is 11.9. The van der Waals surface area contributed by atoms with Gasteiger partial charge in [-0.2, -0.15) is 5.10 Å². The Morgan fingerprint density at radius 1 is 1.32 bits per heavy atom. The number of rotatable bonds is 3. The van der Waals surface area contributed by atoms with E-state index >= 15 is 0 Å². The molecule has 2 fully saturated rings. The maximum atomic E-state index is 9.95. The van der Waals surface area contributed by atoms with Crippen LogP contribution in [0.25, 0.3) is 0 Å². The quantitative estimate of drug-likeness (QED) is 0.374. The molecule has 0 radical (unpaired) electrons. The van der Waals surface area contributed by atoms with E-state index in [1.54, 1.807) is 18.3 Å². The molecule has 2 aliphatic rings. The largest absolute Gasteiger partial charge is 0.506 e. The van der Waals surface area contributed by atoms with Crippen LogP contribution in [0, 0.1) is 11.8 Å². The average molecular weight is 447 g/mol. The minimum atomic E-state index is 0.153. The maximum absolute atomic E-state index is 9.95. The van der Waals surface area contributed by atoms with Crippen LogP contribution in [0.15, 0.2) is 26.2 Å². The molecule has 2 saturated carbocycles. The molecule has 7 heteroatoms. The van der Waals surface area contributed by atoms with E-state index in [0.717, 1.165) is 16.3 Å². The van der Waals surface area contributed by atoms with Crippen LogP contribution in [0.1, 0.15) is 31.2 Å². The first-order valence-electron chi connectivity index (χ1n) is 7.30. The Hall–Kier alpha value is -0.660. The van der Waals surface area contributed by atoms with Crippen molar-refractivity contribution in [3.05, 3.63) is 26.6 Å². The lowest BCUT2D eigenvalue weighted by Crippen LogP contribution is -2.42. The lowest BCUT2D eigenvalue weighted by molar-refractivity contribution is 0.389. The van der Waals surface area contributed by atoms with Gasteiger partial charge in [-0.05, 0) is 71.4 Å². The number of phenols is 1. The summed E-state index contributed by atoms with van der Waals surface area (Å²) >= 11 is 12.0. The Morgan fingerprint density at radius 2 is 2.14 bits per heavy atom. The van der Waals surface area contributed by atoms with Crippen molar-refractivity contribution in [2.75, 3.05) is 0 Å². The van der Waals surface area contributed by atoms with Gasteiger partial charge in [0.1, 0.15) is 5.75 Å². The molecule has 22 heavy (non-hydrogen) atoms. The van der Waals surface area contributed by atoms with Crippen LogP contribution in [0.5, 0.6) is 5.75 Å². The van der Waals surface area contributed by atoms with Gasteiger partial charge in [-0.25, -0.2) is 0 Å². The highest BCUT2D eigenvalue weighted by Crippen LogP contribution is 2.44. The molecule has 3 atom stereocenters. The fourth-order valence-corrected chi connectivity index (χ4v) is 4.93. The molecule has 1 aromatic rings. The van der Waals surface area contributed by atoms with E-state index in [9.17, 15) is 5.11 Å². The summed E-state index contributed by atoms with van der Waals surface area (Å²) < 4.78 is 1.48. The van der Waals surface area contributed by atoms with Crippen molar-refractivity contribution in [3.63, 3.8) is 0 Å². The van der Waals surface area contributed by atoms with Gasteiger partial charge in [0.15, 0.2) is 5.11 Å². The van der Waals surface area contributed by atoms with Gasteiger partial charge < -0.3 is 10.4 Å². The Kier molecular flexibility index (Phi) is 5.04. The molecule has 0 aromatic heterocycles. The van der Waals surface area contributed by atoms with Crippen molar-refractivity contribution in [1.82, 2.24) is 10.7 Å². The van der Waals surface area contributed by atoms with Crippen LogP contribution in [0.4, 0.5) is 0 Å². The molecular weight excluding hydrogens is 430 g/mol. The molecule has 0 heterocycles. The monoisotopic (exact) mass is 445 g/mol. The molecule has 3 unspecified atom stereocenters. The lowest BCUT2D eigenvalue weighted by atomic mass is 9.96.